The van der Waals surface area contributed by atoms with Gasteiger partial charge in [-0.15, -0.1) is 0 Å². The minimum absolute atomic E-state index is 0.0274. The van der Waals surface area contributed by atoms with Crippen molar-refractivity contribution in [2.75, 3.05) is 13.2 Å². The molecule has 0 N–H and O–H groups in total. The lowest BCUT2D eigenvalue weighted by Crippen LogP contribution is -2.55. The molecule has 1 aliphatic heterocycles. The molecule has 2 saturated carbocycles. The quantitative estimate of drug-likeness (QED) is 0.155. The molecule has 8 heteroatoms. The minimum Gasteiger partial charge on any atom is -0.465 e. The fourth-order valence-corrected chi connectivity index (χ4v) is 6.40. The molecular weight excluding hydrogens is 464 g/mol. The number of ether oxygens (including phenoxy) is 4. The van der Waals surface area contributed by atoms with Gasteiger partial charge >= 0.3 is 23.9 Å². The van der Waals surface area contributed by atoms with Gasteiger partial charge in [0.2, 0.25) is 0 Å². The largest absolute Gasteiger partial charge is 0.465 e. The van der Waals surface area contributed by atoms with Crippen LogP contribution in [0.5, 0.6) is 0 Å². The molecule has 0 aromatic heterocycles. The van der Waals surface area contributed by atoms with E-state index in [0.29, 0.717) is 25.7 Å². The molecule has 7 atom stereocenters. The van der Waals surface area contributed by atoms with Crippen LogP contribution < -0.4 is 0 Å². The number of unbranched alkanes of at least 4 members (excludes halogenated alkanes) is 2. The summed E-state index contributed by atoms with van der Waals surface area (Å²) in [6.45, 7) is 14.3. The average Bonchev–Trinajstić information content (AvgIpc) is 3.39. The first kappa shape index (κ1) is 28.5. The highest BCUT2D eigenvalue weighted by Crippen LogP contribution is 2.66. The smallest absolute Gasteiger partial charge is 0.325 e. The Bertz CT molecular complexity index is 850. The van der Waals surface area contributed by atoms with E-state index < -0.39 is 58.7 Å². The van der Waals surface area contributed by atoms with Crippen LogP contribution in [-0.2, 0) is 38.1 Å². The van der Waals surface area contributed by atoms with Crippen molar-refractivity contribution in [3.8, 4) is 0 Å². The summed E-state index contributed by atoms with van der Waals surface area (Å²) < 4.78 is 22.9. The van der Waals surface area contributed by atoms with Crippen molar-refractivity contribution in [1.29, 1.82) is 0 Å². The maximum absolute atomic E-state index is 13.5. The fraction of sp³-hybridized carbons (Fsp3) is 0.857. The van der Waals surface area contributed by atoms with Gasteiger partial charge in [0.05, 0.1) is 24.5 Å². The summed E-state index contributed by atoms with van der Waals surface area (Å²) in [5.41, 5.74) is -2.46. The first-order valence-electron chi connectivity index (χ1n) is 13.7. The Hall–Kier alpha value is -2.12. The highest BCUT2D eigenvalue weighted by molar-refractivity contribution is 6.07. The first-order valence-corrected chi connectivity index (χ1v) is 13.7. The lowest BCUT2D eigenvalue weighted by Gasteiger charge is -2.39. The molecule has 7 unspecified atom stereocenters. The van der Waals surface area contributed by atoms with Gasteiger partial charge in [-0.2, -0.15) is 0 Å². The molecule has 8 nitrogen and oxygen atoms in total. The van der Waals surface area contributed by atoms with Crippen molar-refractivity contribution in [3.05, 3.63) is 0 Å². The second-order valence-electron chi connectivity index (χ2n) is 11.8. The molecular formula is C28H44O8. The molecule has 2 aliphatic carbocycles. The third-order valence-corrected chi connectivity index (χ3v) is 8.63. The fourth-order valence-electron chi connectivity index (χ4n) is 6.40. The average molecular weight is 509 g/mol. The molecule has 3 rings (SSSR count). The van der Waals surface area contributed by atoms with E-state index >= 15 is 0 Å². The lowest BCUT2D eigenvalue weighted by atomic mass is 9.65. The number of fused-ring (bicyclic) bond motifs is 1. The lowest BCUT2D eigenvalue weighted by molar-refractivity contribution is -0.183. The van der Waals surface area contributed by atoms with Crippen LogP contribution in [-0.4, -0.2) is 49.3 Å². The molecule has 1 saturated heterocycles. The molecule has 3 aliphatic rings. The first-order chi connectivity index (χ1) is 17.0. The number of rotatable bonds is 13. The van der Waals surface area contributed by atoms with Crippen molar-refractivity contribution < 1.29 is 38.1 Å². The summed E-state index contributed by atoms with van der Waals surface area (Å²) in [5, 5.41) is 0. The van der Waals surface area contributed by atoms with E-state index in [9.17, 15) is 19.2 Å². The second-order valence-corrected chi connectivity index (χ2v) is 11.8. The molecule has 36 heavy (non-hydrogen) atoms. The van der Waals surface area contributed by atoms with E-state index in [1.807, 2.05) is 34.6 Å². The second kappa shape index (κ2) is 11.1. The summed E-state index contributed by atoms with van der Waals surface area (Å²) in [4.78, 5) is 53.7. The van der Waals surface area contributed by atoms with Gasteiger partial charge in [0.25, 0.3) is 0 Å². The summed E-state index contributed by atoms with van der Waals surface area (Å²) in [6.07, 6.45) is 2.45. The molecule has 0 amide bonds. The molecule has 204 valence electrons. The Kier molecular flexibility index (Phi) is 8.77. The van der Waals surface area contributed by atoms with Gasteiger partial charge in [-0.25, -0.2) is 0 Å². The number of hydrogen-bond donors (Lipinski definition) is 0. The SMILES string of the molecule is CCCCOC(=O)C1C2CC3C(OC(=O)C31C(=O)OCCCC)C2OC(=O)C(C)(CC(C)C)C(C)C. The summed E-state index contributed by atoms with van der Waals surface area (Å²) in [7, 11) is 0. The van der Waals surface area contributed by atoms with Gasteiger partial charge in [-0.1, -0.05) is 54.4 Å². The van der Waals surface area contributed by atoms with Crippen molar-refractivity contribution in [2.45, 2.75) is 99.2 Å². The highest BCUT2D eigenvalue weighted by atomic mass is 16.6. The van der Waals surface area contributed by atoms with Crippen LogP contribution in [0.1, 0.15) is 87.0 Å². The van der Waals surface area contributed by atoms with Crippen LogP contribution >= 0.6 is 0 Å². The van der Waals surface area contributed by atoms with Crippen LogP contribution in [0.15, 0.2) is 0 Å². The zero-order chi connectivity index (χ0) is 26.8. The van der Waals surface area contributed by atoms with Crippen LogP contribution in [0.4, 0.5) is 0 Å². The number of hydrogen-bond acceptors (Lipinski definition) is 8. The third kappa shape index (κ3) is 4.65. The predicted molar refractivity (Wildman–Crippen MR) is 131 cm³/mol. The maximum atomic E-state index is 13.5. The van der Waals surface area contributed by atoms with E-state index in [1.165, 1.54) is 0 Å². The zero-order valence-corrected chi connectivity index (χ0v) is 23.0. The minimum atomic E-state index is -1.73. The van der Waals surface area contributed by atoms with Crippen LogP contribution in [0.2, 0.25) is 0 Å². The van der Waals surface area contributed by atoms with E-state index in [-0.39, 0.29) is 31.0 Å². The monoisotopic (exact) mass is 508 g/mol. The van der Waals surface area contributed by atoms with Gasteiger partial charge in [-0.05, 0) is 44.4 Å². The topological polar surface area (TPSA) is 105 Å². The number of carbonyl (C=O) groups excluding carboxylic acids is 4. The van der Waals surface area contributed by atoms with Gasteiger partial charge < -0.3 is 18.9 Å². The predicted octanol–water partition coefficient (Wildman–Crippen LogP) is 4.47. The molecule has 3 fully saturated rings. The van der Waals surface area contributed by atoms with E-state index in [4.69, 9.17) is 18.9 Å². The summed E-state index contributed by atoms with van der Waals surface area (Å²) in [5.74, 6) is -4.36. The van der Waals surface area contributed by atoms with E-state index in [1.54, 1.807) is 0 Å². The number of esters is 4. The Balaban J connectivity index is 1.93. The Labute approximate surface area is 215 Å². The standard InChI is InChI=1S/C28H44O8/c1-8-10-12-33-23(29)20-18-14-19-22(36-26(32)28(19,20)25(31)34-13-11-9-2)21(18)35-24(30)27(7,17(5)6)15-16(3)4/h16-22H,8-15H2,1-7H3. The zero-order valence-electron chi connectivity index (χ0n) is 23.0. The van der Waals surface area contributed by atoms with Crippen molar-refractivity contribution in [3.63, 3.8) is 0 Å². The Morgan fingerprint density at radius 1 is 1.06 bits per heavy atom. The molecule has 0 aromatic carbocycles. The summed E-state index contributed by atoms with van der Waals surface area (Å²) >= 11 is 0. The van der Waals surface area contributed by atoms with E-state index in [0.717, 1.165) is 12.8 Å². The van der Waals surface area contributed by atoms with Crippen LogP contribution in [0, 0.1) is 40.4 Å². The molecule has 0 spiro atoms. The molecule has 1 heterocycles. The van der Waals surface area contributed by atoms with Crippen LogP contribution in [0.25, 0.3) is 0 Å². The third-order valence-electron chi connectivity index (χ3n) is 8.63. The summed E-state index contributed by atoms with van der Waals surface area (Å²) in [6, 6.07) is 0. The molecule has 2 bridgehead atoms. The highest BCUT2D eigenvalue weighted by Gasteiger charge is 2.82. The molecule has 0 aromatic rings. The van der Waals surface area contributed by atoms with Crippen LogP contribution in [0.3, 0.4) is 0 Å². The normalized spacial score (nSPS) is 31.9. The van der Waals surface area contributed by atoms with Gasteiger partial charge in [-0.3, -0.25) is 19.2 Å². The van der Waals surface area contributed by atoms with Gasteiger partial charge in [0.15, 0.2) is 5.41 Å². The van der Waals surface area contributed by atoms with E-state index in [2.05, 4.69) is 13.8 Å². The van der Waals surface area contributed by atoms with Gasteiger partial charge in [0.1, 0.15) is 12.2 Å². The number of carbonyl (C=O) groups is 4. The Morgan fingerprint density at radius 3 is 2.22 bits per heavy atom. The molecule has 0 radical (unpaired) electrons. The maximum Gasteiger partial charge on any atom is 0.325 e. The van der Waals surface area contributed by atoms with Crippen molar-refractivity contribution in [2.24, 2.45) is 40.4 Å². The van der Waals surface area contributed by atoms with Crippen molar-refractivity contribution in [1.82, 2.24) is 0 Å². The Morgan fingerprint density at radius 2 is 1.67 bits per heavy atom. The van der Waals surface area contributed by atoms with Gasteiger partial charge in [0, 0.05) is 11.8 Å². The van der Waals surface area contributed by atoms with Crippen molar-refractivity contribution >= 4 is 23.9 Å².